The van der Waals surface area contributed by atoms with Gasteiger partial charge < -0.3 is 0 Å². The van der Waals surface area contributed by atoms with E-state index in [1.165, 1.54) is 0 Å². The van der Waals surface area contributed by atoms with Crippen LogP contribution in [0.25, 0.3) is 0 Å². The number of nitrogens with zero attached hydrogens (tertiary/aromatic N) is 2. The molecular weight excluding hydrogens is 240 g/mol. The van der Waals surface area contributed by atoms with Gasteiger partial charge in [0.25, 0.3) is 0 Å². The first-order valence-corrected chi connectivity index (χ1v) is 6.37. The molecule has 0 bridgehead atoms. The Hall–Kier alpha value is -1.89. The lowest BCUT2D eigenvalue weighted by atomic mass is 9.42. The van der Waals surface area contributed by atoms with Crippen LogP contribution >= 0.6 is 0 Å². The van der Waals surface area contributed by atoms with Gasteiger partial charge in [-0.25, -0.2) is 0 Å². The van der Waals surface area contributed by atoms with Crippen LogP contribution in [0, 0.1) is 32.3 Å². The van der Waals surface area contributed by atoms with Crippen molar-refractivity contribution < 1.29 is 4.92 Å². The Morgan fingerprint density at radius 3 is 2.11 bits per heavy atom. The molecule has 1 aromatic carbocycles. The second-order valence-corrected chi connectivity index (χ2v) is 6.39. The summed E-state index contributed by atoms with van der Waals surface area (Å²) >= 11 is 0. The summed E-state index contributed by atoms with van der Waals surface area (Å²) in [5.41, 5.74) is 1.05. The Morgan fingerprint density at radius 2 is 1.68 bits per heavy atom. The molecule has 0 aliphatic heterocycles. The van der Waals surface area contributed by atoms with E-state index in [0.29, 0.717) is 5.56 Å². The van der Waals surface area contributed by atoms with Crippen LogP contribution in [-0.4, -0.2) is 11.0 Å². The van der Waals surface area contributed by atoms with Crippen molar-refractivity contribution in [1.29, 1.82) is 5.26 Å². The van der Waals surface area contributed by atoms with E-state index in [9.17, 15) is 10.1 Å². The SMILES string of the molecule is CC1(C)[C@@H]([N+](=O)[O-])[C@H](c2ccc(C#N)cc2)C1(C)C. The Kier molecular flexibility index (Phi) is 2.89. The quantitative estimate of drug-likeness (QED) is 0.603. The van der Waals surface area contributed by atoms with Crippen molar-refractivity contribution in [2.75, 3.05) is 0 Å². The highest BCUT2D eigenvalue weighted by molar-refractivity contribution is 5.37. The van der Waals surface area contributed by atoms with Crippen LogP contribution in [-0.2, 0) is 0 Å². The van der Waals surface area contributed by atoms with E-state index in [0.717, 1.165) is 5.56 Å². The predicted octanol–water partition coefficient (Wildman–Crippen LogP) is 3.35. The number of nitriles is 1. The van der Waals surface area contributed by atoms with Crippen molar-refractivity contribution in [2.45, 2.75) is 39.7 Å². The second kappa shape index (κ2) is 4.06. The number of hydrogen-bond donors (Lipinski definition) is 0. The van der Waals surface area contributed by atoms with Crippen LogP contribution in [0.5, 0.6) is 0 Å². The molecule has 2 rings (SSSR count). The normalized spacial score (nSPS) is 27.1. The maximum Gasteiger partial charge on any atom is 0.225 e. The molecule has 1 saturated carbocycles. The lowest BCUT2D eigenvalue weighted by Gasteiger charge is -2.59. The molecule has 1 aliphatic rings. The summed E-state index contributed by atoms with van der Waals surface area (Å²) < 4.78 is 0. The average molecular weight is 258 g/mol. The Morgan fingerprint density at radius 1 is 1.16 bits per heavy atom. The molecule has 0 aromatic heterocycles. The maximum absolute atomic E-state index is 11.3. The number of rotatable bonds is 2. The van der Waals surface area contributed by atoms with E-state index in [2.05, 4.69) is 19.9 Å². The van der Waals surface area contributed by atoms with E-state index < -0.39 is 6.04 Å². The van der Waals surface area contributed by atoms with Gasteiger partial charge in [0.2, 0.25) is 6.04 Å². The highest BCUT2D eigenvalue weighted by Gasteiger charge is 2.69. The fourth-order valence-corrected chi connectivity index (χ4v) is 3.25. The lowest BCUT2D eigenvalue weighted by Crippen LogP contribution is -2.64. The number of hydrogen-bond acceptors (Lipinski definition) is 3. The molecular formula is C15H18N2O2. The smallest absolute Gasteiger partial charge is 0.225 e. The lowest BCUT2D eigenvalue weighted by molar-refractivity contribution is -0.579. The first kappa shape index (κ1) is 13.5. The monoisotopic (exact) mass is 258 g/mol. The van der Waals surface area contributed by atoms with E-state index in [-0.39, 0.29) is 21.7 Å². The zero-order valence-corrected chi connectivity index (χ0v) is 11.7. The topological polar surface area (TPSA) is 66.9 Å². The second-order valence-electron chi connectivity index (χ2n) is 6.39. The summed E-state index contributed by atoms with van der Waals surface area (Å²) in [6.45, 7) is 8.08. The highest BCUT2D eigenvalue weighted by atomic mass is 16.6. The van der Waals surface area contributed by atoms with Gasteiger partial charge in [-0.15, -0.1) is 0 Å². The third-order valence-corrected chi connectivity index (χ3v) is 5.12. The molecule has 0 radical (unpaired) electrons. The van der Waals surface area contributed by atoms with Crippen LogP contribution < -0.4 is 0 Å². The van der Waals surface area contributed by atoms with Gasteiger partial charge in [0.05, 0.1) is 17.6 Å². The van der Waals surface area contributed by atoms with Crippen LogP contribution in [0.15, 0.2) is 24.3 Å². The molecule has 0 spiro atoms. The Balaban J connectivity index is 2.42. The fourth-order valence-electron chi connectivity index (χ4n) is 3.25. The molecule has 2 atom stereocenters. The summed E-state index contributed by atoms with van der Waals surface area (Å²) in [5.74, 6) is -0.106. The molecule has 0 unspecified atom stereocenters. The number of nitro groups is 1. The van der Waals surface area contributed by atoms with E-state index >= 15 is 0 Å². The van der Waals surface area contributed by atoms with Crippen molar-refractivity contribution in [3.05, 3.63) is 45.5 Å². The minimum Gasteiger partial charge on any atom is -0.264 e. The number of benzene rings is 1. The fraction of sp³-hybridized carbons (Fsp3) is 0.533. The molecule has 0 saturated heterocycles. The minimum atomic E-state index is -0.574. The van der Waals surface area contributed by atoms with Crippen molar-refractivity contribution in [2.24, 2.45) is 10.8 Å². The molecule has 4 heteroatoms. The molecule has 0 heterocycles. The van der Waals surface area contributed by atoms with E-state index in [1.807, 2.05) is 26.0 Å². The highest BCUT2D eigenvalue weighted by Crippen LogP contribution is 2.65. The van der Waals surface area contributed by atoms with Crippen molar-refractivity contribution >= 4 is 0 Å². The molecule has 0 N–H and O–H groups in total. The van der Waals surface area contributed by atoms with Gasteiger partial charge in [-0.2, -0.15) is 5.26 Å². The van der Waals surface area contributed by atoms with E-state index in [4.69, 9.17) is 5.26 Å². The standard InChI is InChI=1S/C15H18N2O2/c1-14(2)12(13(17(18)19)15(14,3)4)11-7-5-10(9-16)6-8-11/h5-8,12-13H,1-4H3/t12-,13-/m0/s1. The summed E-state index contributed by atoms with van der Waals surface area (Å²) in [7, 11) is 0. The summed E-state index contributed by atoms with van der Waals surface area (Å²) in [6, 6.07) is 8.64. The van der Waals surface area contributed by atoms with Crippen LogP contribution in [0.2, 0.25) is 0 Å². The largest absolute Gasteiger partial charge is 0.264 e. The summed E-state index contributed by atoms with van der Waals surface area (Å²) in [5, 5.41) is 20.2. The minimum absolute atomic E-state index is 0.106. The molecule has 1 aromatic rings. The zero-order chi connectivity index (χ0) is 14.4. The molecule has 1 fully saturated rings. The molecule has 100 valence electrons. The first-order valence-electron chi connectivity index (χ1n) is 6.37. The third kappa shape index (κ3) is 1.73. The van der Waals surface area contributed by atoms with Crippen molar-refractivity contribution in [3.8, 4) is 6.07 Å². The van der Waals surface area contributed by atoms with Gasteiger partial charge in [-0.1, -0.05) is 39.8 Å². The molecule has 19 heavy (non-hydrogen) atoms. The Labute approximate surface area is 113 Å². The summed E-state index contributed by atoms with van der Waals surface area (Å²) in [4.78, 5) is 11.2. The van der Waals surface area contributed by atoms with E-state index in [1.54, 1.807) is 12.1 Å². The van der Waals surface area contributed by atoms with Gasteiger partial charge in [-0.05, 0) is 23.1 Å². The maximum atomic E-state index is 11.3. The van der Waals surface area contributed by atoms with Gasteiger partial charge in [0, 0.05) is 10.3 Å². The molecule has 4 nitrogen and oxygen atoms in total. The van der Waals surface area contributed by atoms with Crippen molar-refractivity contribution in [3.63, 3.8) is 0 Å². The predicted molar refractivity (Wildman–Crippen MR) is 72.2 cm³/mol. The Bertz CT molecular complexity index is 553. The average Bonchev–Trinajstić information content (AvgIpc) is 2.34. The zero-order valence-electron chi connectivity index (χ0n) is 11.7. The van der Waals surface area contributed by atoms with Crippen LogP contribution in [0.1, 0.15) is 44.7 Å². The molecule has 1 aliphatic carbocycles. The van der Waals surface area contributed by atoms with Crippen molar-refractivity contribution in [1.82, 2.24) is 0 Å². The van der Waals surface area contributed by atoms with Gasteiger partial charge in [-0.3, -0.25) is 10.1 Å². The first-order chi connectivity index (χ1) is 8.73. The van der Waals surface area contributed by atoms with Crippen LogP contribution in [0.3, 0.4) is 0 Å². The molecule has 0 amide bonds. The third-order valence-electron chi connectivity index (χ3n) is 5.12. The van der Waals surface area contributed by atoms with Gasteiger partial charge in [0.1, 0.15) is 0 Å². The van der Waals surface area contributed by atoms with Crippen LogP contribution in [0.4, 0.5) is 0 Å². The van der Waals surface area contributed by atoms with Gasteiger partial charge >= 0.3 is 0 Å². The summed E-state index contributed by atoms with van der Waals surface area (Å²) in [6.07, 6.45) is 0. The van der Waals surface area contributed by atoms with Gasteiger partial charge in [0.15, 0.2) is 0 Å².